The fourth-order valence-corrected chi connectivity index (χ4v) is 0.758. The number of halogens is 4. The van der Waals surface area contributed by atoms with E-state index in [-0.39, 0.29) is 6.42 Å². The summed E-state index contributed by atoms with van der Waals surface area (Å²) in [4.78, 5) is 0. The number of hydrogen-bond acceptors (Lipinski definition) is 1. The Morgan fingerprint density at radius 1 is 1.40 bits per heavy atom. The molecule has 0 aliphatic heterocycles. The summed E-state index contributed by atoms with van der Waals surface area (Å²) in [5, 5.41) is 8.86. The van der Waals surface area contributed by atoms with Crippen molar-refractivity contribution in [3.63, 3.8) is 0 Å². The van der Waals surface area contributed by atoms with Crippen molar-refractivity contribution in [1.82, 2.24) is 0 Å². The molecule has 0 aliphatic carbocycles. The fraction of sp³-hybridized carbons (Fsp3) is 1.00. The van der Waals surface area contributed by atoms with Crippen LogP contribution in [0.4, 0.5) is 13.2 Å². The van der Waals surface area contributed by atoms with E-state index in [0.29, 0.717) is 11.8 Å². The van der Waals surface area contributed by atoms with Gasteiger partial charge in [0.2, 0.25) is 0 Å². The van der Waals surface area contributed by atoms with Crippen molar-refractivity contribution < 1.29 is 18.3 Å². The van der Waals surface area contributed by atoms with E-state index in [1.54, 1.807) is 0 Å². The summed E-state index contributed by atoms with van der Waals surface area (Å²) in [6.45, 7) is 0. The first-order valence-electron chi connectivity index (χ1n) is 2.79. The van der Waals surface area contributed by atoms with Gasteiger partial charge in [-0.1, -0.05) is 15.9 Å². The summed E-state index contributed by atoms with van der Waals surface area (Å²) in [6, 6.07) is 0. The number of aliphatic hydroxyl groups excluding tert-OH is 1. The van der Waals surface area contributed by atoms with Crippen LogP contribution in [0.3, 0.4) is 0 Å². The van der Waals surface area contributed by atoms with E-state index in [1.807, 2.05) is 0 Å². The Hall–Kier alpha value is 0.230. The first-order valence-corrected chi connectivity index (χ1v) is 3.91. The molecule has 0 aromatic rings. The van der Waals surface area contributed by atoms with Crippen molar-refractivity contribution in [1.29, 1.82) is 0 Å². The Morgan fingerprint density at radius 3 is 2.20 bits per heavy atom. The molecule has 0 aliphatic rings. The second-order valence-electron chi connectivity index (χ2n) is 1.89. The second kappa shape index (κ2) is 4.18. The summed E-state index contributed by atoms with van der Waals surface area (Å²) in [6.07, 6.45) is -6.51. The standard InChI is InChI=1S/C5H8BrF3O/c6-3-1-2-4(10)5(7,8)9/h4,10H,1-3H2. The van der Waals surface area contributed by atoms with E-state index in [1.165, 1.54) is 0 Å². The van der Waals surface area contributed by atoms with Gasteiger partial charge < -0.3 is 5.11 Å². The van der Waals surface area contributed by atoms with E-state index < -0.39 is 12.3 Å². The molecule has 1 N–H and O–H groups in total. The maximum Gasteiger partial charge on any atom is 0.414 e. The van der Waals surface area contributed by atoms with Gasteiger partial charge in [0.15, 0.2) is 0 Å². The number of aliphatic hydroxyl groups is 1. The molecule has 0 fully saturated rings. The average Bonchev–Trinajstić information content (AvgIpc) is 1.80. The summed E-state index contributed by atoms with van der Waals surface area (Å²) < 4.78 is 34.5. The highest BCUT2D eigenvalue weighted by Crippen LogP contribution is 2.23. The van der Waals surface area contributed by atoms with Crippen LogP contribution in [0.15, 0.2) is 0 Å². The van der Waals surface area contributed by atoms with Crippen LogP contribution in [0, 0.1) is 0 Å². The van der Waals surface area contributed by atoms with Gasteiger partial charge in [-0.2, -0.15) is 13.2 Å². The van der Waals surface area contributed by atoms with Crippen LogP contribution in [-0.2, 0) is 0 Å². The lowest BCUT2D eigenvalue weighted by atomic mass is 10.2. The first-order chi connectivity index (χ1) is 4.48. The largest absolute Gasteiger partial charge is 0.414 e. The van der Waals surface area contributed by atoms with E-state index in [4.69, 9.17) is 5.11 Å². The molecule has 0 heterocycles. The third kappa shape index (κ3) is 4.11. The van der Waals surface area contributed by atoms with E-state index in [0.717, 1.165) is 0 Å². The molecule has 0 aromatic heterocycles. The minimum absolute atomic E-state index is 0.227. The summed E-state index contributed by atoms with van der Waals surface area (Å²) in [7, 11) is 0. The van der Waals surface area contributed by atoms with Gasteiger partial charge in [-0.3, -0.25) is 0 Å². The molecule has 0 bridgehead atoms. The van der Waals surface area contributed by atoms with Crippen LogP contribution in [0.25, 0.3) is 0 Å². The monoisotopic (exact) mass is 220 g/mol. The van der Waals surface area contributed by atoms with Crippen molar-refractivity contribution in [3.05, 3.63) is 0 Å². The summed E-state index contributed by atoms with van der Waals surface area (Å²) >= 11 is 2.97. The first kappa shape index (κ1) is 10.2. The minimum Gasteiger partial charge on any atom is -0.384 e. The highest BCUT2D eigenvalue weighted by molar-refractivity contribution is 9.09. The number of hydrogen-bond donors (Lipinski definition) is 1. The Labute approximate surface area is 65.4 Å². The molecule has 0 saturated heterocycles. The predicted molar refractivity (Wildman–Crippen MR) is 35.1 cm³/mol. The Kier molecular flexibility index (Phi) is 4.28. The molecule has 0 amide bonds. The van der Waals surface area contributed by atoms with Crippen molar-refractivity contribution in [2.75, 3.05) is 5.33 Å². The normalized spacial score (nSPS) is 15.3. The quantitative estimate of drug-likeness (QED) is 0.723. The smallest absolute Gasteiger partial charge is 0.384 e. The van der Waals surface area contributed by atoms with Crippen LogP contribution in [0.1, 0.15) is 12.8 Å². The zero-order chi connectivity index (χ0) is 8.20. The van der Waals surface area contributed by atoms with Crippen LogP contribution >= 0.6 is 15.9 Å². The van der Waals surface area contributed by atoms with Crippen LogP contribution in [-0.4, -0.2) is 22.7 Å². The zero-order valence-corrected chi connectivity index (χ0v) is 6.74. The highest BCUT2D eigenvalue weighted by Gasteiger charge is 2.37. The molecule has 1 unspecified atom stereocenters. The molecule has 1 nitrogen and oxygen atoms in total. The molecule has 1 atom stereocenters. The van der Waals surface area contributed by atoms with Crippen molar-refractivity contribution in [2.24, 2.45) is 0 Å². The van der Waals surface area contributed by atoms with Crippen molar-refractivity contribution >= 4 is 15.9 Å². The van der Waals surface area contributed by atoms with Crippen LogP contribution in [0.5, 0.6) is 0 Å². The molecule has 0 aromatic carbocycles. The van der Waals surface area contributed by atoms with Crippen LogP contribution < -0.4 is 0 Å². The van der Waals surface area contributed by atoms with E-state index in [2.05, 4.69) is 15.9 Å². The van der Waals surface area contributed by atoms with E-state index >= 15 is 0 Å². The van der Waals surface area contributed by atoms with Gasteiger partial charge in [0, 0.05) is 5.33 Å². The van der Waals surface area contributed by atoms with Crippen molar-refractivity contribution in [3.8, 4) is 0 Å². The third-order valence-corrected chi connectivity index (χ3v) is 1.55. The van der Waals surface area contributed by atoms with Crippen molar-refractivity contribution in [2.45, 2.75) is 25.1 Å². The van der Waals surface area contributed by atoms with Gasteiger partial charge in [0.05, 0.1) is 0 Å². The van der Waals surface area contributed by atoms with Gasteiger partial charge in [-0.05, 0) is 12.8 Å². The van der Waals surface area contributed by atoms with Gasteiger partial charge in [0.1, 0.15) is 6.10 Å². The predicted octanol–water partition coefficient (Wildman–Crippen LogP) is 2.08. The maximum atomic E-state index is 11.5. The van der Waals surface area contributed by atoms with Gasteiger partial charge >= 0.3 is 6.18 Å². The Balaban J connectivity index is 3.52. The molecule has 0 spiro atoms. The van der Waals surface area contributed by atoms with Gasteiger partial charge in [0.25, 0.3) is 0 Å². The SMILES string of the molecule is OC(CCCBr)C(F)(F)F. The third-order valence-electron chi connectivity index (χ3n) is 0.989. The van der Waals surface area contributed by atoms with Crippen LogP contribution in [0.2, 0.25) is 0 Å². The summed E-state index contributed by atoms with van der Waals surface area (Å²) in [5.41, 5.74) is 0. The molecule has 0 rings (SSSR count). The Morgan fingerprint density at radius 2 is 1.90 bits per heavy atom. The van der Waals surface area contributed by atoms with Gasteiger partial charge in [-0.25, -0.2) is 0 Å². The lowest BCUT2D eigenvalue weighted by Crippen LogP contribution is -2.28. The van der Waals surface area contributed by atoms with Gasteiger partial charge in [-0.15, -0.1) is 0 Å². The summed E-state index contributed by atoms with van der Waals surface area (Å²) in [5.74, 6) is 0. The molecule has 5 heteroatoms. The molecule has 0 saturated carbocycles. The second-order valence-corrected chi connectivity index (χ2v) is 2.68. The minimum atomic E-state index is -4.46. The number of rotatable bonds is 3. The molecular weight excluding hydrogens is 213 g/mol. The average molecular weight is 221 g/mol. The lowest BCUT2D eigenvalue weighted by Gasteiger charge is -2.12. The maximum absolute atomic E-state index is 11.5. The molecule has 0 radical (unpaired) electrons. The van der Waals surface area contributed by atoms with E-state index in [9.17, 15) is 13.2 Å². The molecule has 10 heavy (non-hydrogen) atoms. The fourth-order valence-electron chi connectivity index (χ4n) is 0.434. The molecular formula is C5H8BrF3O. The topological polar surface area (TPSA) is 20.2 Å². The Bertz CT molecular complexity index is 93.4. The lowest BCUT2D eigenvalue weighted by molar-refractivity contribution is -0.205. The number of alkyl halides is 4. The molecule has 62 valence electrons. The zero-order valence-electron chi connectivity index (χ0n) is 5.16. The highest BCUT2D eigenvalue weighted by atomic mass is 79.9.